The van der Waals surface area contributed by atoms with Crippen LogP contribution in [0.4, 0.5) is 0 Å². The van der Waals surface area contributed by atoms with Gasteiger partial charge in [-0.25, -0.2) is 0 Å². The van der Waals surface area contributed by atoms with Gasteiger partial charge in [0.2, 0.25) is 0 Å². The molecule has 2 rings (SSSR count). The summed E-state index contributed by atoms with van der Waals surface area (Å²) in [5.41, 5.74) is 2.38. The third-order valence-corrected chi connectivity index (χ3v) is 3.84. The van der Waals surface area contributed by atoms with E-state index in [1.807, 2.05) is 42.5 Å². The number of rotatable bonds is 7. The van der Waals surface area contributed by atoms with Crippen LogP contribution in [-0.4, -0.2) is 20.8 Å². The first-order valence-electron chi connectivity index (χ1n) is 6.75. The van der Waals surface area contributed by atoms with Crippen LogP contribution >= 0.6 is 15.9 Å². The van der Waals surface area contributed by atoms with E-state index in [-0.39, 0.29) is 0 Å². The largest absolute Gasteiger partial charge is 0.497 e. The molecule has 0 heterocycles. The van der Waals surface area contributed by atoms with Crippen molar-refractivity contribution in [3.05, 3.63) is 53.6 Å². The Labute approximate surface area is 134 Å². The van der Waals surface area contributed by atoms with Crippen molar-refractivity contribution in [2.75, 3.05) is 20.8 Å². The zero-order valence-corrected chi connectivity index (χ0v) is 13.9. The van der Waals surface area contributed by atoms with Crippen molar-refractivity contribution < 1.29 is 14.2 Å². The van der Waals surface area contributed by atoms with E-state index >= 15 is 0 Å². The lowest BCUT2D eigenvalue weighted by atomic mass is 10.1. The van der Waals surface area contributed by atoms with Crippen molar-refractivity contribution in [3.63, 3.8) is 0 Å². The minimum atomic E-state index is 0.606. The average Bonchev–Trinajstić information content (AvgIpc) is 2.55. The molecule has 0 aliphatic rings. The summed E-state index contributed by atoms with van der Waals surface area (Å²) in [7, 11) is 3.32. The van der Waals surface area contributed by atoms with Gasteiger partial charge in [-0.1, -0.05) is 34.1 Å². The third-order valence-electron chi connectivity index (χ3n) is 3.19. The maximum atomic E-state index is 5.85. The van der Waals surface area contributed by atoms with Gasteiger partial charge < -0.3 is 14.2 Å². The van der Waals surface area contributed by atoms with E-state index in [0.29, 0.717) is 6.61 Å². The third kappa shape index (κ3) is 4.39. The van der Waals surface area contributed by atoms with Crippen LogP contribution in [0.1, 0.15) is 11.1 Å². The minimum Gasteiger partial charge on any atom is -0.497 e. The molecule has 0 bridgehead atoms. The molecule has 2 aromatic rings. The SMILES string of the molecule is COc1ccc(CCOc2cc(CBr)ccc2OC)cc1. The molecule has 0 unspecified atom stereocenters. The molecule has 0 aliphatic heterocycles. The van der Waals surface area contributed by atoms with Gasteiger partial charge >= 0.3 is 0 Å². The molecule has 0 amide bonds. The van der Waals surface area contributed by atoms with Gasteiger partial charge in [-0.15, -0.1) is 0 Å². The second kappa shape index (κ2) is 7.93. The minimum absolute atomic E-state index is 0.606. The first kappa shape index (κ1) is 15.7. The zero-order valence-electron chi connectivity index (χ0n) is 12.3. The van der Waals surface area contributed by atoms with E-state index in [9.17, 15) is 0 Å². The van der Waals surface area contributed by atoms with Gasteiger partial charge in [0.25, 0.3) is 0 Å². The van der Waals surface area contributed by atoms with E-state index in [4.69, 9.17) is 14.2 Å². The number of alkyl halides is 1. The fraction of sp³-hybridized carbons (Fsp3) is 0.294. The fourth-order valence-electron chi connectivity index (χ4n) is 1.99. The van der Waals surface area contributed by atoms with Gasteiger partial charge in [-0.05, 0) is 35.4 Å². The molecule has 0 saturated carbocycles. The van der Waals surface area contributed by atoms with Crippen LogP contribution in [0.3, 0.4) is 0 Å². The Morgan fingerprint density at radius 1 is 0.857 bits per heavy atom. The number of ether oxygens (including phenoxy) is 3. The van der Waals surface area contributed by atoms with Crippen molar-refractivity contribution in [3.8, 4) is 17.2 Å². The monoisotopic (exact) mass is 350 g/mol. The molecule has 0 aliphatic carbocycles. The highest BCUT2D eigenvalue weighted by molar-refractivity contribution is 9.08. The Balaban J connectivity index is 1.95. The molecular formula is C17H19BrO3. The normalized spacial score (nSPS) is 10.2. The predicted molar refractivity (Wildman–Crippen MR) is 87.8 cm³/mol. The number of halogens is 1. The Hall–Kier alpha value is -1.68. The lowest BCUT2D eigenvalue weighted by Gasteiger charge is -2.12. The summed E-state index contributed by atoms with van der Waals surface area (Å²) in [4.78, 5) is 0. The molecule has 0 aromatic heterocycles. The number of methoxy groups -OCH3 is 2. The van der Waals surface area contributed by atoms with Crippen LogP contribution in [0, 0.1) is 0 Å². The summed E-state index contributed by atoms with van der Waals surface area (Å²) < 4.78 is 16.3. The second-order valence-corrected chi connectivity index (χ2v) is 5.13. The highest BCUT2D eigenvalue weighted by Crippen LogP contribution is 2.29. The van der Waals surface area contributed by atoms with Crippen molar-refractivity contribution in [1.29, 1.82) is 0 Å². The highest BCUT2D eigenvalue weighted by atomic mass is 79.9. The maximum absolute atomic E-state index is 5.85. The van der Waals surface area contributed by atoms with Gasteiger partial charge in [0, 0.05) is 11.8 Å². The lowest BCUT2D eigenvalue weighted by Crippen LogP contribution is -2.03. The number of benzene rings is 2. The molecule has 2 aromatic carbocycles. The van der Waals surface area contributed by atoms with Gasteiger partial charge in [0.05, 0.1) is 20.8 Å². The molecule has 3 nitrogen and oxygen atoms in total. The van der Waals surface area contributed by atoms with E-state index in [1.165, 1.54) is 5.56 Å². The lowest BCUT2D eigenvalue weighted by molar-refractivity contribution is 0.297. The smallest absolute Gasteiger partial charge is 0.161 e. The summed E-state index contributed by atoms with van der Waals surface area (Å²) in [5, 5.41) is 0.797. The number of hydrogen-bond acceptors (Lipinski definition) is 3. The Kier molecular flexibility index (Phi) is 5.93. The average molecular weight is 351 g/mol. The Bertz CT molecular complexity index is 567. The standard InChI is InChI=1S/C17H19BrO3/c1-19-15-6-3-13(4-7-15)9-10-21-17-11-14(12-18)5-8-16(17)20-2/h3-8,11H,9-10,12H2,1-2H3. The molecule has 112 valence electrons. The topological polar surface area (TPSA) is 27.7 Å². The number of hydrogen-bond donors (Lipinski definition) is 0. The summed E-state index contributed by atoms with van der Waals surface area (Å²) in [6, 6.07) is 14.0. The molecule has 0 fully saturated rings. The summed E-state index contributed by atoms with van der Waals surface area (Å²) in [6.07, 6.45) is 0.839. The van der Waals surface area contributed by atoms with Gasteiger partial charge in [-0.3, -0.25) is 0 Å². The van der Waals surface area contributed by atoms with Crippen LogP contribution in [0.5, 0.6) is 17.2 Å². The highest BCUT2D eigenvalue weighted by Gasteiger charge is 2.05. The summed E-state index contributed by atoms with van der Waals surface area (Å²) in [6.45, 7) is 0.606. The van der Waals surface area contributed by atoms with Crippen molar-refractivity contribution in [1.82, 2.24) is 0 Å². The molecule has 21 heavy (non-hydrogen) atoms. The first-order valence-corrected chi connectivity index (χ1v) is 7.87. The molecule has 0 atom stereocenters. The van der Waals surface area contributed by atoms with Crippen LogP contribution in [-0.2, 0) is 11.8 Å². The van der Waals surface area contributed by atoms with E-state index in [1.54, 1.807) is 14.2 Å². The van der Waals surface area contributed by atoms with Crippen molar-refractivity contribution >= 4 is 15.9 Å². The Morgan fingerprint density at radius 2 is 1.57 bits per heavy atom. The van der Waals surface area contributed by atoms with E-state index in [0.717, 1.165) is 34.6 Å². The zero-order chi connectivity index (χ0) is 15.1. The van der Waals surface area contributed by atoms with Crippen LogP contribution in [0.25, 0.3) is 0 Å². The molecule has 0 N–H and O–H groups in total. The molecule has 4 heteroatoms. The van der Waals surface area contributed by atoms with Crippen molar-refractivity contribution in [2.45, 2.75) is 11.8 Å². The molecule has 0 radical (unpaired) electrons. The second-order valence-electron chi connectivity index (χ2n) is 4.57. The fourth-order valence-corrected chi connectivity index (χ4v) is 2.34. The summed E-state index contributed by atoms with van der Waals surface area (Å²) in [5.74, 6) is 2.41. The van der Waals surface area contributed by atoms with Gasteiger partial charge in [0.15, 0.2) is 11.5 Å². The first-order chi connectivity index (χ1) is 10.3. The quantitative estimate of drug-likeness (QED) is 0.699. The van der Waals surface area contributed by atoms with E-state index < -0.39 is 0 Å². The van der Waals surface area contributed by atoms with Crippen LogP contribution in [0.15, 0.2) is 42.5 Å². The van der Waals surface area contributed by atoms with Crippen LogP contribution < -0.4 is 14.2 Å². The molecule has 0 saturated heterocycles. The molecular weight excluding hydrogens is 332 g/mol. The molecule has 0 spiro atoms. The van der Waals surface area contributed by atoms with Gasteiger partial charge in [-0.2, -0.15) is 0 Å². The summed E-state index contributed by atoms with van der Waals surface area (Å²) >= 11 is 3.45. The maximum Gasteiger partial charge on any atom is 0.161 e. The van der Waals surface area contributed by atoms with E-state index in [2.05, 4.69) is 15.9 Å². The van der Waals surface area contributed by atoms with Crippen LogP contribution in [0.2, 0.25) is 0 Å². The Morgan fingerprint density at radius 3 is 2.19 bits per heavy atom. The predicted octanol–water partition coefficient (Wildman–Crippen LogP) is 4.22. The van der Waals surface area contributed by atoms with Crippen molar-refractivity contribution in [2.24, 2.45) is 0 Å². The van der Waals surface area contributed by atoms with Gasteiger partial charge in [0.1, 0.15) is 5.75 Å².